The molecule has 7 aromatic carbocycles. The predicted octanol–water partition coefficient (Wildman–Crippen LogP) is 21.0. The predicted molar refractivity (Wildman–Crippen MR) is 403 cm³/mol. The summed E-state index contributed by atoms with van der Waals surface area (Å²) >= 11 is 1.73. The Kier molecular flexibility index (Phi) is 47.2. The maximum atomic E-state index is 13.7. The molecule has 15 nitrogen and oxygen atoms in total. The van der Waals surface area contributed by atoms with Gasteiger partial charge in [0.05, 0.1) is 39.9 Å². The number of oxazole rings is 1. The van der Waals surface area contributed by atoms with E-state index in [-0.39, 0.29) is 147 Å². The number of thiophene rings is 1. The molecule has 583 valence electrons. The number of aliphatic hydroxyl groups is 3. The number of benzene rings is 7. The fourth-order valence-electron chi connectivity index (χ4n) is 8.72. The molecule has 0 aliphatic rings. The number of allylic oxidation sites excluding steroid dienone is 6. The number of halogens is 5. The molecule has 14 rings (SSSR count). The van der Waals surface area contributed by atoms with Crippen LogP contribution < -0.4 is 0 Å². The van der Waals surface area contributed by atoms with E-state index < -0.39 is 34.9 Å². The zero-order chi connectivity index (χ0) is 76.8. The number of nitrogens with zero attached hydrogens (tertiary/aromatic N) is 6. The first-order chi connectivity index (χ1) is 50.9. The summed E-state index contributed by atoms with van der Waals surface area (Å²) in [6.07, 6.45) is 4.74. The average Bonchev–Trinajstić information content (AvgIpc) is 1.65. The van der Waals surface area contributed by atoms with Gasteiger partial charge >= 0.3 is 12.1 Å². The van der Waals surface area contributed by atoms with E-state index in [0.717, 1.165) is 55.3 Å². The number of hydrogen-bond donors (Lipinski definition) is 4. The molecule has 0 spiro atoms. The molecule has 0 atom stereocenters. The Bertz CT molecular complexity index is 4890. The van der Waals surface area contributed by atoms with Crippen molar-refractivity contribution < 1.29 is 167 Å². The van der Waals surface area contributed by atoms with Gasteiger partial charge in [-0.05, 0) is 122 Å². The molecule has 0 saturated heterocycles. The molecular formula is C85H68F5Ir5N6O9S-5. The van der Waals surface area contributed by atoms with E-state index >= 15 is 0 Å². The summed E-state index contributed by atoms with van der Waals surface area (Å²) in [4.78, 5) is 66.1. The van der Waals surface area contributed by atoms with Gasteiger partial charge in [-0.15, -0.1) is 138 Å². The van der Waals surface area contributed by atoms with Gasteiger partial charge in [-0.25, -0.2) is 21.1 Å². The Hall–Kier alpha value is -10.0. The van der Waals surface area contributed by atoms with E-state index in [9.17, 15) is 41.1 Å². The van der Waals surface area contributed by atoms with E-state index in [0.29, 0.717) is 12.0 Å². The largest absolute Gasteiger partial charge is 0.512 e. The van der Waals surface area contributed by atoms with E-state index in [4.69, 9.17) is 24.8 Å². The van der Waals surface area contributed by atoms with Crippen molar-refractivity contribution >= 4 is 66.7 Å². The van der Waals surface area contributed by atoms with Gasteiger partial charge in [-0.2, -0.15) is 13.2 Å². The van der Waals surface area contributed by atoms with E-state index in [2.05, 4.69) is 90.6 Å². The second-order valence-electron chi connectivity index (χ2n) is 21.8. The van der Waals surface area contributed by atoms with Crippen molar-refractivity contribution in [3.8, 4) is 55.8 Å². The Morgan fingerprint density at radius 1 is 0.441 bits per heavy atom. The maximum Gasteiger partial charge on any atom is 0.405 e. The van der Waals surface area contributed by atoms with Gasteiger partial charge in [-0.1, -0.05) is 108 Å². The number of ketones is 3. The topological polar surface area (TPSA) is 240 Å². The summed E-state index contributed by atoms with van der Waals surface area (Å²) in [6, 6.07) is 87.9. The first kappa shape index (κ1) is 99.0. The van der Waals surface area contributed by atoms with Crippen LogP contribution in [-0.2, 0) is 121 Å². The molecule has 7 heterocycles. The first-order valence-electron chi connectivity index (χ1n) is 31.9. The number of pyridine rings is 5. The zero-order valence-corrected chi connectivity index (χ0v) is 72.3. The monoisotopic (exact) mass is 2410 g/mol. The second-order valence-corrected chi connectivity index (χ2v) is 22.9. The van der Waals surface area contributed by atoms with Crippen molar-refractivity contribution in [3.05, 3.63) is 350 Å². The molecule has 0 amide bonds. The molecule has 0 bridgehead atoms. The van der Waals surface area contributed by atoms with Gasteiger partial charge in [0.15, 0.2) is 17.3 Å². The van der Waals surface area contributed by atoms with Gasteiger partial charge in [-0.3, -0.25) is 33.1 Å². The van der Waals surface area contributed by atoms with Crippen LogP contribution in [0.5, 0.6) is 0 Å². The fraction of sp³-hybridized carbons (Fsp3) is 0.0824. The van der Waals surface area contributed by atoms with Gasteiger partial charge in [0.25, 0.3) is 0 Å². The van der Waals surface area contributed by atoms with Crippen molar-refractivity contribution in [1.82, 2.24) is 29.9 Å². The van der Waals surface area contributed by atoms with Crippen molar-refractivity contribution in [1.29, 1.82) is 0 Å². The Morgan fingerprint density at radius 3 is 1.32 bits per heavy atom. The third kappa shape index (κ3) is 36.1. The van der Waals surface area contributed by atoms with Crippen LogP contribution in [0, 0.1) is 42.0 Å². The molecule has 0 aliphatic heterocycles. The minimum absolute atomic E-state index is 0. The molecule has 26 heteroatoms. The smallest absolute Gasteiger partial charge is 0.405 e. The summed E-state index contributed by atoms with van der Waals surface area (Å²) in [5.41, 5.74) is 6.21. The quantitative estimate of drug-likeness (QED) is 0.0455. The SMILES string of the molecule is CC(=O)C=C(C)O.CC(=O)C=C(C)O.CC(=O)C=C(C)O.Fc1c[c-]c(-c2ccccn2)c(F)c1C(F)(F)F.O=C(O)c1ccccn1.[Ir].[Ir].[Ir].[Ir].[Ir].[c-]1c(-c2ccccn2)sc2ccccc12.[c-]1ccccc1-c1ccc2ccccc2n1.[c-]1ccccc1-c1ccccn1.[c-]1ccccc1-c1nc2ccccc2o1. The van der Waals surface area contributed by atoms with Crippen molar-refractivity contribution in [3.63, 3.8) is 0 Å². The summed E-state index contributed by atoms with van der Waals surface area (Å²) < 4.78 is 71.1. The van der Waals surface area contributed by atoms with Gasteiger partial charge < -0.3 is 39.8 Å². The maximum absolute atomic E-state index is 13.7. The molecular weight excluding hydrogens is 2340 g/mol. The number of aliphatic hydroxyl groups excluding tert-OH is 3. The number of carbonyl (C=O) groups excluding carboxylic acids is 3. The molecule has 4 N–H and O–H groups in total. The number of carboxylic acid groups (broad SMARTS) is 1. The van der Waals surface area contributed by atoms with E-state index in [1.165, 1.54) is 112 Å². The van der Waals surface area contributed by atoms with Crippen LogP contribution in [-0.4, -0.2) is 73.6 Å². The average molecular weight is 2410 g/mol. The molecule has 0 unspecified atom stereocenters. The van der Waals surface area contributed by atoms with E-state index in [1.54, 1.807) is 29.7 Å². The molecule has 0 aliphatic carbocycles. The first-order valence-corrected chi connectivity index (χ1v) is 32.7. The molecule has 111 heavy (non-hydrogen) atoms. The van der Waals surface area contributed by atoms with Crippen molar-refractivity contribution in [2.24, 2.45) is 0 Å². The molecule has 0 saturated carbocycles. The van der Waals surface area contributed by atoms with Crippen LogP contribution in [0.15, 0.2) is 301 Å². The normalized spacial score (nSPS) is 10.2. The number of fused-ring (bicyclic) bond motifs is 3. The zero-order valence-electron chi connectivity index (χ0n) is 59.5. The van der Waals surface area contributed by atoms with Crippen LogP contribution in [0.1, 0.15) is 57.6 Å². The summed E-state index contributed by atoms with van der Waals surface area (Å²) in [5, 5.41) is 35.7. The summed E-state index contributed by atoms with van der Waals surface area (Å²) in [7, 11) is 0. The van der Waals surface area contributed by atoms with Crippen LogP contribution in [0.3, 0.4) is 0 Å². The second kappa shape index (κ2) is 53.0. The van der Waals surface area contributed by atoms with Gasteiger partial charge in [0.1, 0.15) is 17.2 Å². The number of hydrogen-bond acceptors (Lipinski definition) is 15. The minimum Gasteiger partial charge on any atom is -0.512 e. The molecule has 7 aromatic heterocycles. The Balaban J connectivity index is 0.000000633. The summed E-state index contributed by atoms with van der Waals surface area (Å²) in [5.74, 6) is -3.96. The number of carbonyl (C=O) groups is 4. The van der Waals surface area contributed by atoms with Crippen LogP contribution >= 0.6 is 11.3 Å². The minimum atomic E-state index is -5.10. The number of aromatic nitrogens is 6. The molecule has 0 fully saturated rings. The van der Waals surface area contributed by atoms with Crippen LogP contribution in [0.4, 0.5) is 22.0 Å². The summed E-state index contributed by atoms with van der Waals surface area (Å²) in [6.45, 7) is 8.54. The van der Waals surface area contributed by atoms with Gasteiger partial charge in [0, 0.05) is 155 Å². The fourth-order valence-corrected chi connectivity index (χ4v) is 9.70. The van der Waals surface area contributed by atoms with E-state index in [1.807, 2.05) is 170 Å². The number of para-hydroxylation sites is 3. The molecule has 14 aromatic rings. The number of rotatable bonds is 9. The van der Waals surface area contributed by atoms with Crippen LogP contribution in [0.25, 0.3) is 87.9 Å². The third-order valence-corrected chi connectivity index (χ3v) is 14.1. The third-order valence-electron chi connectivity index (χ3n) is 13.1. The van der Waals surface area contributed by atoms with Crippen molar-refractivity contribution in [2.75, 3.05) is 0 Å². The van der Waals surface area contributed by atoms with Gasteiger partial charge in [0.2, 0.25) is 0 Å². The van der Waals surface area contributed by atoms with Crippen molar-refractivity contribution in [2.45, 2.75) is 47.7 Å². The number of carboxylic acids is 1. The Labute approximate surface area is 710 Å². The molecule has 5 radical (unpaired) electrons. The van der Waals surface area contributed by atoms with Crippen LogP contribution in [0.2, 0.25) is 0 Å². The standard InChI is InChI=1S/C15H10N.C13H8NO.C13H8NS.C12H5F5N.C11H8N.C6H5NO2.3C5H8O2.5Ir/c1-2-6-12(7-3-1)15-11-10-13-8-4-5-9-14(13)16-15;1-2-6-10(7-3-1)13-14-11-8-4-5-9-12(11)15-13;1-2-7-12-10(5-1)9-13(15-12)11-6-3-4-8-14-11;13-8-5-4-7(9-3-1-2-6-18-9)11(14)10(8)12(15,16)17;1-2-6-10(7-3-1)11-8-4-5-9-12-11;8-6(9)5-3-1-2-4-7-5;3*1-4(6)3-5(2)7;;;;;/h1-6,8-11H;1-6,8-9H;1-8H;1-3,5-6H;1-6,8-9H;1-4H,(H,8,9);3*3,6H,1-2H3;;;;;/q5*-1;;;;;;;;;. The number of alkyl halides is 3. The number of aromatic carboxylic acids is 1. The Morgan fingerprint density at radius 2 is 0.883 bits per heavy atom.